The van der Waals surface area contributed by atoms with Gasteiger partial charge in [-0.25, -0.2) is 4.79 Å². The Labute approximate surface area is 125 Å². The fraction of sp³-hybridized carbons (Fsp3) is 0.833. The zero-order valence-corrected chi connectivity index (χ0v) is 11.8. The van der Waals surface area contributed by atoms with Crippen molar-refractivity contribution in [2.24, 2.45) is 5.73 Å². The Morgan fingerprint density at radius 2 is 1.82 bits per heavy atom. The molecule has 0 bridgehead atoms. The van der Waals surface area contributed by atoms with Gasteiger partial charge >= 0.3 is 18.1 Å². The molecule has 130 valence electrons. The molecule has 0 amide bonds. The lowest BCUT2D eigenvalue weighted by atomic mass is 10.2. The molecule has 1 fully saturated rings. The first-order valence-corrected chi connectivity index (χ1v) is 6.62. The molecule has 0 aromatic carbocycles. The number of carbonyl (C=O) groups is 2. The number of aliphatic hydroxyl groups is 1. The monoisotopic (exact) mass is 331 g/mol. The number of hydrogen-bond donors (Lipinski definition) is 3. The van der Waals surface area contributed by atoms with Crippen molar-refractivity contribution in [3.63, 3.8) is 0 Å². The Hall–Kier alpha value is -1.39. The second kappa shape index (κ2) is 10.4. The van der Waals surface area contributed by atoms with Crippen molar-refractivity contribution < 1.29 is 42.4 Å². The molecule has 2 atom stereocenters. The van der Waals surface area contributed by atoms with Gasteiger partial charge in [-0.2, -0.15) is 13.2 Å². The summed E-state index contributed by atoms with van der Waals surface area (Å²) < 4.78 is 42.2. The van der Waals surface area contributed by atoms with Gasteiger partial charge in [0.05, 0.1) is 18.8 Å². The predicted octanol–water partition coefficient (Wildman–Crippen LogP) is 0.442. The van der Waals surface area contributed by atoms with Gasteiger partial charge in [-0.15, -0.1) is 0 Å². The number of rotatable bonds is 6. The lowest BCUT2D eigenvalue weighted by molar-refractivity contribution is -0.192. The third-order valence-corrected chi connectivity index (χ3v) is 2.66. The SMILES string of the molecule is NCCCC(=O)OC[C@H]1CC[C@@H](CO)O1.O=C(O)C(F)(F)F. The quantitative estimate of drug-likeness (QED) is 0.604. The molecule has 10 heteroatoms. The van der Waals surface area contributed by atoms with E-state index in [-0.39, 0.29) is 24.8 Å². The van der Waals surface area contributed by atoms with Crippen molar-refractivity contribution in [3.8, 4) is 0 Å². The summed E-state index contributed by atoms with van der Waals surface area (Å²) in [6.07, 6.45) is -2.52. The average molecular weight is 331 g/mol. The third-order valence-electron chi connectivity index (χ3n) is 2.66. The van der Waals surface area contributed by atoms with Crippen LogP contribution in [-0.2, 0) is 19.1 Å². The number of nitrogens with two attached hydrogens (primary N) is 1. The van der Waals surface area contributed by atoms with Crippen molar-refractivity contribution in [1.82, 2.24) is 0 Å². The van der Waals surface area contributed by atoms with Crippen LogP contribution in [0.3, 0.4) is 0 Å². The van der Waals surface area contributed by atoms with Gasteiger partial charge in [0.2, 0.25) is 0 Å². The van der Waals surface area contributed by atoms with Gasteiger partial charge in [0.1, 0.15) is 6.61 Å². The third kappa shape index (κ3) is 9.53. The van der Waals surface area contributed by atoms with Gasteiger partial charge in [0, 0.05) is 6.42 Å². The Kier molecular flexibility index (Phi) is 9.70. The molecule has 1 saturated heterocycles. The Bertz CT molecular complexity index is 350. The number of carboxylic acids is 1. The van der Waals surface area contributed by atoms with Gasteiger partial charge in [-0.1, -0.05) is 0 Å². The van der Waals surface area contributed by atoms with E-state index in [4.69, 9.17) is 30.2 Å². The van der Waals surface area contributed by atoms with Crippen LogP contribution in [0.25, 0.3) is 0 Å². The van der Waals surface area contributed by atoms with E-state index < -0.39 is 12.1 Å². The van der Waals surface area contributed by atoms with E-state index in [1.807, 2.05) is 0 Å². The minimum atomic E-state index is -5.08. The van der Waals surface area contributed by atoms with E-state index in [0.717, 1.165) is 12.8 Å². The van der Waals surface area contributed by atoms with Crippen molar-refractivity contribution >= 4 is 11.9 Å². The van der Waals surface area contributed by atoms with Crippen molar-refractivity contribution in [2.75, 3.05) is 19.8 Å². The van der Waals surface area contributed by atoms with Gasteiger partial charge in [0.15, 0.2) is 0 Å². The van der Waals surface area contributed by atoms with E-state index in [1.54, 1.807) is 0 Å². The number of aliphatic hydroxyl groups excluding tert-OH is 1. The van der Waals surface area contributed by atoms with Crippen LogP contribution in [0.4, 0.5) is 13.2 Å². The number of ether oxygens (including phenoxy) is 2. The van der Waals surface area contributed by atoms with Crippen LogP contribution in [-0.4, -0.2) is 60.3 Å². The summed E-state index contributed by atoms with van der Waals surface area (Å²) in [5, 5.41) is 16.0. The predicted molar refractivity (Wildman–Crippen MR) is 67.9 cm³/mol. The minimum absolute atomic E-state index is 0.0393. The fourth-order valence-electron chi connectivity index (χ4n) is 1.54. The Morgan fingerprint density at radius 3 is 2.23 bits per heavy atom. The molecule has 1 aliphatic heterocycles. The summed E-state index contributed by atoms with van der Waals surface area (Å²) in [7, 11) is 0. The van der Waals surface area contributed by atoms with E-state index >= 15 is 0 Å². The zero-order chi connectivity index (χ0) is 17.2. The Morgan fingerprint density at radius 1 is 1.27 bits per heavy atom. The van der Waals surface area contributed by atoms with Gasteiger partial charge in [-0.05, 0) is 25.8 Å². The second-order valence-corrected chi connectivity index (χ2v) is 4.52. The summed E-state index contributed by atoms with van der Waals surface area (Å²) in [5.41, 5.74) is 5.27. The summed E-state index contributed by atoms with van der Waals surface area (Å²) in [4.78, 5) is 20.0. The molecule has 0 radical (unpaired) electrons. The molecule has 4 N–H and O–H groups in total. The summed E-state index contributed by atoms with van der Waals surface area (Å²) in [6.45, 7) is 0.832. The molecule has 0 aromatic rings. The highest BCUT2D eigenvalue weighted by Crippen LogP contribution is 2.19. The first kappa shape index (κ1) is 20.6. The summed E-state index contributed by atoms with van der Waals surface area (Å²) in [6, 6.07) is 0. The number of hydrogen-bond acceptors (Lipinski definition) is 6. The molecule has 1 heterocycles. The van der Waals surface area contributed by atoms with Crippen molar-refractivity contribution in [1.29, 1.82) is 0 Å². The Balaban J connectivity index is 0.000000534. The maximum Gasteiger partial charge on any atom is 0.490 e. The first-order chi connectivity index (χ1) is 10.2. The number of aliphatic carboxylic acids is 1. The fourth-order valence-corrected chi connectivity index (χ4v) is 1.54. The van der Waals surface area contributed by atoms with Crippen LogP contribution in [0.15, 0.2) is 0 Å². The van der Waals surface area contributed by atoms with Crippen LogP contribution >= 0.6 is 0 Å². The molecule has 1 aliphatic rings. The van der Waals surface area contributed by atoms with Crippen LogP contribution in [0, 0.1) is 0 Å². The van der Waals surface area contributed by atoms with Gasteiger partial charge < -0.3 is 25.4 Å². The van der Waals surface area contributed by atoms with Gasteiger partial charge in [-0.3, -0.25) is 4.79 Å². The van der Waals surface area contributed by atoms with Crippen LogP contribution in [0.5, 0.6) is 0 Å². The van der Waals surface area contributed by atoms with E-state index in [0.29, 0.717) is 26.0 Å². The number of esters is 1. The average Bonchev–Trinajstić information content (AvgIpc) is 2.90. The maximum absolute atomic E-state index is 11.1. The molecular weight excluding hydrogens is 311 g/mol. The molecule has 22 heavy (non-hydrogen) atoms. The lowest BCUT2D eigenvalue weighted by Gasteiger charge is -2.12. The molecule has 0 saturated carbocycles. The molecule has 0 unspecified atom stereocenters. The summed E-state index contributed by atoms with van der Waals surface area (Å²) in [5.74, 6) is -2.98. The van der Waals surface area contributed by atoms with Crippen LogP contribution in [0.2, 0.25) is 0 Å². The van der Waals surface area contributed by atoms with E-state index in [1.165, 1.54) is 0 Å². The number of carbonyl (C=O) groups excluding carboxylic acids is 1. The zero-order valence-electron chi connectivity index (χ0n) is 11.8. The molecule has 0 aliphatic carbocycles. The lowest BCUT2D eigenvalue weighted by Crippen LogP contribution is -2.21. The summed E-state index contributed by atoms with van der Waals surface area (Å²) >= 11 is 0. The highest BCUT2D eigenvalue weighted by Gasteiger charge is 2.38. The first-order valence-electron chi connectivity index (χ1n) is 6.62. The van der Waals surface area contributed by atoms with Crippen molar-refractivity contribution in [3.05, 3.63) is 0 Å². The molecule has 1 rings (SSSR count). The van der Waals surface area contributed by atoms with Crippen LogP contribution < -0.4 is 5.73 Å². The van der Waals surface area contributed by atoms with Crippen molar-refractivity contribution in [2.45, 2.75) is 44.1 Å². The smallest absolute Gasteiger partial charge is 0.475 e. The normalized spacial score (nSPS) is 21.0. The number of alkyl halides is 3. The maximum atomic E-state index is 11.1. The topological polar surface area (TPSA) is 119 Å². The molecule has 0 spiro atoms. The van der Waals surface area contributed by atoms with Crippen LogP contribution in [0.1, 0.15) is 25.7 Å². The highest BCUT2D eigenvalue weighted by atomic mass is 19.4. The molecule has 0 aromatic heterocycles. The number of halogens is 3. The minimum Gasteiger partial charge on any atom is -0.475 e. The molecule has 7 nitrogen and oxygen atoms in total. The van der Waals surface area contributed by atoms with E-state index in [2.05, 4.69) is 0 Å². The standard InChI is InChI=1S/C10H19NO4.C2HF3O2/c11-5-1-2-10(13)14-7-9-4-3-8(6-12)15-9;3-2(4,5)1(6)7/h8-9,12H,1-7,11H2;(H,6,7)/t8-,9+;/m0./s1. The second-order valence-electron chi connectivity index (χ2n) is 4.52. The highest BCUT2D eigenvalue weighted by molar-refractivity contribution is 5.73. The molecular formula is C12H20F3NO6. The van der Waals surface area contributed by atoms with Gasteiger partial charge in [0.25, 0.3) is 0 Å². The largest absolute Gasteiger partial charge is 0.490 e. The van der Waals surface area contributed by atoms with E-state index in [9.17, 15) is 18.0 Å². The number of carboxylic acid groups (broad SMARTS) is 1.